The molecule has 1 aromatic carbocycles. The number of anilines is 1. The van der Waals surface area contributed by atoms with E-state index < -0.39 is 17.6 Å². The summed E-state index contributed by atoms with van der Waals surface area (Å²) in [6.07, 6.45) is 1.06. The van der Waals surface area contributed by atoms with E-state index in [-0.39, 0.29) is 5.69 Å². The minimum absolute atomic E-state index is 0.0325. The van der Waals surface area contributed by atoms with Crippen molar-refractivity contribution in [2.75, 3.05) is 5.32 Å². The first-order chi connectivity index (χ1) is 13.3. The smallest absolute Gasteiger partial charge is 0.319 e. The lowest BCUT2D eigenvalue weighted by Crippen LogP contribution is -2.15. The summed E-state index contributed by atoms with van der Waals surface area (Å²) in [5.74, 6) is 0.146. The molecule has 1 aliphatic carbocycles. The van der Waals surface area contributed by atoms with Gasteiger partial charge in [0.25, 0.3) is 5.91 Å². The van der Waals surface area contributed by atoms with E-state index in [0.29, 0.717) is 16.5 Å². The summed E-state index contributed by atoms with van der Waals surface area (Å²) in [5, 5.41) is 6.59. The zero-order valence-electron chi connectivity index (χ0n) is 15.0. The Bertz CT molecular complexity index is 1010. The van der Waals surface area contributed by atoms with E-state index in [1.807, 2.05) is 6.07 Å². The number of aryl methyl sites for hydroxylation is 1. The van der Waals surface area contributed by atoms with Crippen molar-refractivity contribution >= 4 is 22.9 Å². The summed E-state index contributed by atoms with van der Waals surface area (Å²) in [4.78, 5) is 18.3. The summed E-state index contributed by atoms with van der Waals surface area (Å²) in [6, 6.07) is 5.00. The van der Waals surface area contributed by atoms with Gasteiger partial charge in [0.15, 0.2) is 0 Å². The van der Waals surface area contributed by atoms with Gasteiger partial charge in [-0.25, -0.2) is 9.67 Å². The molecule has 0 saturated carbocycles. The molecule has 28 heavy (non-hydrogen) atoms. The number of hydrogen-bond acceptors (Lipinski definition) is 4. The van der Waals surface area contributed by atoms with Crippen molar-refractivity contribution in [3.05, 3.63) is 57.8 Å². The fraction of sp³-hybridized carbons (Fsp3) is 0.316. The Morgan fingerprint density at radius 2 is 2.14 bits per heavy atom. The van der Waals surface area contributed by atoms with Crippen molar-refractivity contribution in [1.82, 2.24) is 14.8 Å². The summed E-state index contributed by atoms with van der Waals surface area (Å²) in [7, 11) is 0. The van der Waals surface area contributed by atoms with Crippen LogP contribution in [0.3, 0.4) is 0 Å². The van der Waals surface area contributed by atoms with E-state index in [1.165, 1.54) is 39.6 Å². The van der Waals surface area contributed by atoms with Crippen LogP contribution in [0.2, 0.25) is 0 Å². The fourth-order valence-electron chi connectivity index (χ4n) is 3.35. The number of nitrogens with zero attached hydrogens (tertiary/aromatic N) is 3. The lowest BCUT2D eigenvalue weighted by atomic mass is 9.90. The molecular weight excluding hydrogens is 389 g/mol. The van der Waals surface area contributed by atoms with Gasteiger partial charge in [0, 0.05) is 4.88 Å². The van der Waals surface area contributed by atoms with E-state index in [1.54, 1.807) is 0 Å². The molecule has 1 aliphatic rings. The second-order valence-electron chi connectivity index (χ2n) is 6.93. The molecule has 4 rings (SSSR count). The Hall–Kier alpha value is -2.68. The van der Waals surface area contributed by atoms with E-state index in [0.717, 1.165) is 37.0 Å². The molecule has 1 N–H and O–H groups in total. The summed E-state index contributed by atoms with van der Waals surface area (Å²) < 4.78 is 40.8. The van der Waals surface area contributed by atoms with E-state index >= 15 is 0 Å². The third-order valence-corrected chi connectivity index (χ3v) is 6.03. The summed E-state index contributed by atoms with van der Waals surface area (Å²) >= 11 is 1.41. The van der Waals surface area contributed by atoms with E-state index in [4.69, 9.17) is 0 Å². The SMILES string of the molecule is C[C@H]1CCc2sc(C(=O)Nc3cc(C(F)(F)F)ccc3-n3cncn3)cc2C1. The molecule has 0 aliphatic heterocycles. The van der Waals surface area contributed by atoms with Crippen molar-refractivity contribution in [1.29, 1.82) is 0 Å². The zero-order chi connectivity index (χ0) is 19.9. The van der Waals surface area contributed by atoms with Crippen molar-refractivity contribution in [2.45, 2.75) is 32.4 Å². The molecule has 1 atom stereocenters. The van der Waals surface area contributed by atoms with Crippen LogP contribution in [-0.4, -0.2) is 20.7 Å². The number of amides is 1. The molecule has 2 heterocycles. The van der Waals surface area contributed by atoms with Crippen LogP contribution in [0.25, 0.3) is 5.69 Å². The highest BCUT2D eigenvalue weighted by Gasteiger charge is 2.31. The lowest BCUT2D eigenvalue weighted by molar-refractivity contribution is -0.137. The minimum Gasteiger partial charge on any atom is -0.319 e. The molecule has 0 spiro atoms. The monoisotopic (exact) mass is 406 g/mol. The van der Waals surface area contributed by atoms with Gasteiger partial charge in [0.05, 0.1) is 21.8 Å². The number of fused-ring (bicyclic) bond motifs is 1. The minimum atomic E-state index is -4.52. The predicted octanol–water partition coefficient (Wildman–Crippen LogP) is 4.72. The average molecular weight is 406 g/mol. The first-order valence-corrected chi connectivity index (χ1v) is 9.62. The molecule has 3 aromatic rings. The van der Waals surface area contributed by atoms with Gasteiger partial charge < -0.3 is 5.32 Å². The Morgan fingerprint density at radius 1 is 1.32 bits per heavy atom. The number of carbonyl (C=O) groups excluding carboxylic acids is 1. The molecular formula is C19H17F3N4OS. The van der Waals surface area contributed by atoms with Gasteiger partial charge in [0.2, 0.25) is 0 Å². The molecule has 0 radical (unpaired) electrons. The number of benzene rings is 1. The van der Waals surface area contributed by atoms with E-state index in [2.05, 4.69) is 22.3 Å². The molecule has 2 aromatic heterocycles. The van der Waals surface area contributed by atoms with Gasteiger partial charge in [0.1, 0.15) is 12.7 Å². The highest BCUT2D eigenvalue weighted by Crippen LogP contribution is 2.35. The summed E-state index contributed by atoms with van der Waals surface area (Å²) in [5.41, 5.74) is 0.666. The molecule has 0 fully saturated rings. The normalized spacial score (nSPS) is 16.6. The average Bonchev–Trinajstić information content (AvgIpc) is 3.30. The molecule has 5 nitrogen and oxygen atoms in total. The van der Waals surface area contributed by atoms with Gasteiger partial charge in [-0.15, -0.1) is 11.3 Å². The Balaban J connectivity index is 1.67. The zero-order valence-corrected chi connectivity index (χ0v) is 15.8. The number of halogens is 3. The van der Waals surface area contributed by atoms with Crippen LogP contribution in [0.15, 0.2) is 36.9 Å². The van der Waals surface area contributed by atoms with Crippen LogP contribution in [0.5, 0.6) is 0 Å². The van der Waals surface area contributed by atoms with Crippen molar-refractivity contribution in [2.24, 2.45) is 5.92 Å². The Morgan fingerprint density at radius 3 is 2.86 bits per heavy atom. The van der Waals surface area contributed by atoms with Gasteiger partial charge in [-0.2, -0.15) is 18.3 Å². The predicted molar refractivity (Wildman–Crippen MR) is 99.8 cm³/mol. The highest BCUT2D eigenvalue weighted by atomic mass is 32.1. The number of thiophene rings is 1. The maximum Gasteiger partial charge on any atom is 0.416 e. The number of nitrogens with one attached hydrogen (secondary N) is 1. The van der Waals surface area contributed by atoms with Crippen LogP contribution < -0.4 is 5.32 Å². The van der Waals surface area contributed by atoms with Crippen molar-refractivity contribution in [3.8, 4) is 5.69 Å². The number of carbonyl (C=O) groups is 1. The fourth-order valence-corrected chi connectivity index (χ4v) is 4.45. The quantitative estimate of drug-likeness (QED) is 0.684. The van der Waals surface area contributed by atoms with Crippen LogP contribution in [0, 0.1) is 5.92 Å². The van der Waals surface area contributed by atoms with Crippen LogP contribution >= 0.6 is 11.3 Å². The van der Waals surface area contributed by atoms with Gasteiger partial charge in [-0.3, -0.25) is 4.79 Å². The third kappa shape index (κ3) is 3.66. The van der Waals surface area contributed by atoms with Gasteiger partial charge in [-0.1, -0.05) is 6.92 Å². The van der Waals surface area contributed by atoms with Crippen molar-refractivity contribution < 1.29 is 18.0 Å². The number of aromatic nitrogens is 3. The molecule has 0 saturated heterocycles. The maximum atomic E-state index is 13.1. The summed E-state index contributed by atoms with van der Waals surface area (Å²) in [6.45, 7) is 2.17. The Kier molecular flexibility index (Phi) is 4.70. The third-order valence-electron chi connectivity index (χ3n) is 4.79. The first-order valence-electron chi connectivity index (χ1n) is 8.80. The number of hydrogen-bond donors (Lipinski definition) is 1. The van der Waals surface area contributed by atoms with Crippen LogP contribution in [0.1, 0.15) is 39.0 Å². The standard InChI is InChI=1S/C19H17F3N4OS/c1-11-2-5-16-12(6-11)7-17(28-16)18(27)25-14-8-13(19(20,21)22)3-4-15(14)26-10-23-9-24-26/h3-4,7-11H,2,5-6H2,1H3,(H,25,27)/t11-/m0/s1. The maximum absolute atomic E-state index is 13.1. The van der Waals surface area contributed by atoms with Crippen LogP contribution in [-0.2, 0) is 19.0 Å². The first kappa shape index (κ1) is 18.7. The second-order valence-corrected chi connectivity index (χ2v) is 8.07. The van der Waals surface area contributed by atoms with Gasteiger partial charge >= 0.3 is 6.18 Å². The number of rotatable bonds is 3. The van der Waals surface area contributed by atoms with Crippen molar-refractivity contribution in [3.63, 3.8) is 0 Å². The Labute approximate surface area is 163 Å². The molecule has 9 heteroatoms. The topological polar surface area (TPSA) is 59.8 Å². The molecule has 0 unspecified atom stereocenters. The van der Waals surface area contributed by atoms with E-state index in [9.17, 15) is 18.0 Å². The molecule has 0 bridgehead atoms. The largest absolute Gasteiger partial charge is 0.416 e. The molecule has 146 valence electrons. The molecule has 1 amide bonds. The van der Waals surface area contributed by atoms with Crippen LogP contribution in [0.4, 0.5) is 18.9 Å². The highest BCUT2D eigenvalue weighted by molar-refractivity contribution is 7.14. The van der Waals surface area contributed by atoms with Gasteiger partial charge in [-0.05, 0) is 55.0 Å². The lowest BCUT2D eigenvalue weighted by Gasteiger charge is -2.16. The second kappa shape index (κ2) is 7.05. The number of alkyl halides is 3.